The van der Waals surface area contributed by atoms with Crippen molar-refractivity contribution in [1.29, 1.82) is 0 Å². The Morgan fingerprint density at radius 3 is 2.65 bits per heavy atom. The van der Waals surface area contributed by atoms with Crippen LogP contribution in [0.3, 0.4) is 0 Å². The van der Waals surface area contributed by atoms with E-state index in [1.54, 1.807) is 55.7 Å². The molecule has 0 aliphatic heterocycles. The first-order chi connectivity index (χ1) is 16.3. The van der Waals surface area contributed by atoms with E-state index < -0.39 is 22.8 Å². The molecule has 0 aliphatic rings. The van der Waals surface area contributed by atoms with E-state index in [0.29, 0.717) is 37.4 Å². The lowest BCUT2D eigenvalue weighted by atomic mass is 10.1. The molecule has 0 fully saturated rings. The zero-order chi connectivity index (χ0) is 24.4. The normalized spacial score (nSPS) is 11.9. The third kappa shape index (κ3) is 4.84. The van der Waals surface area contributed by atoms with Crippen LogP contribution < -0.4 is 20.9 Å². The van der Waals surface area contributed by atoms with Gasteiger partial charge >= 0.3 is 6.03 Å². The van der Waals surface area contributed by atoms with Crippen LogP contribution in [-0.4, -0.2) is 21.9 Å². The van der Waals surface area contributed by atoms with Crippen molar-refractivity contribution in [2.24, 2.45) is 0 Å². The number of nitrogens with zero attached hydrogens (tertiary/aromatic N) is 1. The Morgan fingerprint density at radius 1 is 1.18 bits per heavy atom. The molecule has 1 unspecified atom stereocenters. The second-order valence-electron chi connectivity index (χ2n) is 7.24. The van der Waals surface area contributed by atoms with E-state index in [2.05, 4.69) is 15.4 Å². The van der Waals surface area contributed by atoms with Crippen LogP contribution in [0, 0.1) is 5.82 Å². The summed E-state index contributed by atoms with van der Waals surface area (Å²) in [6.45, 7) is 1.92. The fourth-order valence-corrected chi connectivity index (χ4v) is 5.64. The van der Waals surface area contributed by atoms with E-state index >= 15 is 0 Å². The maximum absolute atomic E-state index is 14.3. The highest BCUT2D eigenvalue weighted by Gasteiger charge is 2.14. The van der Waals surface area contributed by atoms with Crippen LogP contribution in [0.4, 0.5) is 20.6 Å². The third-order valence-electron chi connectivity index (χ3n) is 5.16. The van der Waals surface area contributed by atoms with Gasteiger partial charge in [0.05, 0.1) is 21.1 Å². The summed E-state index contributed by atoms with van der Waals surface area (Å²) in [4.78, 5) is 25.4. The zero-order valence-corrected chi connectivity index (χ0v) is 20.5. The standard InChI is InChI=1S/C23H20ClFN4O3S2/c1-3-13-10-15(27-23(31)28-34(32)21-7-6-20(24)33-21)4-5-19(13)29-9-8-14-11-18(26-2)17(25)12-16(14)22(29)30/h4-12,26H,3H2,1-2H3,(H2,27,28,31). The van der Waals surface area contributed by atoms with Gasteiger partial charge in [0, 0.05) is 18.9 Å². The number of pyridine rings is 1. The van der Waals surface area contributed by atoms with Gasteiger partial charge in [-0.3, -0.25) is 14.1 Å². The van der Waals surface area contributed by atoms with Gasteiger partial charge in [-0.2, -0.15) is 0 Å². The average Bonchev–Trinajstić information content (AvgIpc) is 3.26. The van der Waals surface area contributed by atoms with Gasteiger partial charge in [0.1, 0.15) is 10.0 Å². The first kappa shape index (κ1) is 23.9. The van der Waals surface area contributed by atoms with Crippen LogP contribution in [0.1, 0.15) is 12.5 Å². The maximum Gasteiger partial charge on any atom is 0.331 e. The molecule has 4 aromatic rings. The number of rotatable bonds is 6. The van der Waals surface area contributed by atoms with Gasteiger partial charge in [0.2, 0.25) is 0 Å². The number of thiophene rings is 1. The Hall–Kier alpha value is -3.21. The number of fused-ring (bicyclic) bond motifs is 1. The van der Waals surface area contributed by atoms with E-state index in [0.717, 1.165) is 16.9 Å². The second kappa shape index (κ2) is 9.96. The molecule has 2 aromatic carbocycles. The largest absolute Gasteiger partial charge is 0.386 e. The smallest absolute Gasteiger partial charge is 0.331 e. The maximum atomic E-state index is 14.3. The van der Waals surface area contributed by atoms with Crippen molar-refractivity contribution < 1.29 is 13.4 Å². The summed E-state index contributed by atoms with van der Waals surface area (Å²) in [6.07, 6.45) is 2.22. The van der Waals surface area contributed by atoms with Crippen LogP contribution in [0.25, 0.3) is 16.5 Å². The molecule has 3 N–H and O–H groups in total. The van der Waals surface area contributed by atoms with Crippen LogP contribution in [0.5, 0.6) is 0 Å². The number of aromatic nitrogens is 1. The molecule has 34 heavy (non-hydrogen) atoms. The van der Waals surface area contributed by atoms with E-state index in [-0.39, 0.29) is 10.9 Å². The molecular weight excluding hydrogens is 499 g/mol. The molecule has 0 radical (unpaired) electrons. The summed E-state index contributed by atoms with van der Waals surface area (Å²) in [6, 6.07) is 12.2. The number of hydrogen-bond donors (Lipinski definition) is 3. The van der Waals surface area contributed by atoms with Crippen LogP contribution >= 0.6 is 22.9 Å². The number of hydrogen-bond acceptors (Lipinski definition) is 5. The number of carbonyl (C=O) groups excluding carboxylic acids is 1. The topological polar surface area (TPSA) is 92.2 Å². The van der Waals surface area contributed by atoms with E-state index in [1.165, 1.54) is 10.6 Å². The van der Waals surface area contributed by atoms with E-state index in [4.69, 9.17) is 11.6 Å². The minimum atomic E-state index is -1.74. The lowest BCUT2D eigenvalue weighted by Crippen LogP contribution is -2.30. The van der Waals surface area contributed by atoms with Gasteiger partial charge in [-0.05, 0) is 65.9 Å². The van der Waals surface area contributed by atoms with Crippen molar-refractivity contribution in [1.82, 2.24) is 9.29 Å². The quantitative estimate of drug-likeness (QED) is 0.323. The molecule has 0 saturated carbocycles. The number of carbonyl (C=O) groups is 1. The highest BCUT2D eigenvalue weighted by molar-refractivity contribution is 7.86. The molecule has 0 spiro atoms. The molecule has 1 atom stereocenters. The number of halogens is 2. The Bertz CT molecular complexity index is 1490. The Balaban J connectivity index is 1.60. The van der Waals surface area contributed by atoms with Crippen LogP contribution in [-0.2, 0) is 17.4 Å². The summed E-state index contributed by atoms with van der Waals surface area (Å²) >= 11 is 6.96. The van der Waals surface area contributed by atoms with Crippen molar-refractivity contribution in [3.63, 3.8) is 0 Å². The summed E-state index contributed by atoms with van der Waals surface area (Å²) in [5.41, 5.74) is 1.85. The van der Waals surface area contributed by atoms with E-state index in [9.17, 15) is 18.2 Å². The fourth-order valence-electron chi connectivity index (χ4n) is 3.52. The number of benzene rings is 2. The summed E-state index contributed by atoms with van der Waals surface area (Å²) in [5, 5.41) is 6.31. The molecule has 2 heterocycles. The van der Waals surface area contributed by atoms with Crippen molar-refractivity contribution in [2.75, 3.05) is 17.7 Å². The molecule has 0 bridgehead atoms. The Kier molecular flexibility index (Phi) is 7.01. The third-order valence-corrected chi connectivity index (χ3v) is 7.76. The minimum absolute atomic E-state index is 0.263. The molecular formula is C23H20ClFN4O3S2. The van der Waals surface area contributed by atoms with Crippen molar-refractivity contribution >= 4 is 62.1 Å². The highest BCUT2D eigenvalue weighted by atomic mass is 35.5. The van der Waals surface area contributed by atoms with Gasteiger partial charge in [0.25, 0.3) is 5.56 Å². The molecule has 0 aliphatic carbocycles. The first-order valence-electron chi connectivity index (χ1n) is 10.2. The number of aryl methyl sites for hydroxylation is 1. The molecule has 7 nitrogen and oxygen atoms in total. The molecule has 2 aromatic heterocycles. The number of urea groups is 1. The van der Waals surface area contributed by atoms with Crippen molar-refractivity contribution in [2.45, 2.75) is 17.6 Å². The lowest BCUT2D eigenvalue weighted by molar-refractivity contribution is 0.257. The van der Waals surface area contributed by atoms with Crippen molar-refractivity contribution in [3.8, 4) is 5.69 Å². The second-order valence-corrected chi connectivity index (χ2v) is 10.4. The molecule has 0 saturated heterocycles. The number of anilines is 2. The summed E-state index contributed by atoms with van der Waals surface area (Å²) in [5.74, 6) is -0.506. The van der Waals surface area contributed by atoms with E-state index in [1.807, 2.05) is 6.92 Å². The highest BCUT2D eigenvalue weighted by Crippen LogP contribution is 2.25. The predicted octanol–water partition coefficient (Wildman–Crippen LogP) is 5.29. The first-order valence-corrected chi connectivity index (χ1v) is 12.6. The van der Waals surface area contributed by atoms with Gasteiger partial charge in [-0.1, -0.05) is 18.5 Å². The minimum Gasteiger partial charge on any atom is -0.386 e. The predicted molar refractivity (Wildman–Crippen MR) is 136 cm³/mol. The SMILES string of the molecule is CCc1cc(NC(=O)NS(=O)c2ccc(Cl)s2)ccc1-n1ccc2cc(NC)c(F)cc2c1=O. The molecule has 2 amide bonds. The van der Waals surface area contributed by atoms with Gasteiger partial charge in [0.15, 0.2) is 11.0 Å². The fraction of sp³-hybridized carbons (Fsp3) is 0.130. The molecule has 4 rings (SSSR count). The zero-order valence-electron chi connectivity index (χ0n) is 18.1. The molecule has 11 heteroatoms. The Labute approximate surface area is 206 Å². The van der Waals surface area contributed by atoms with Gasteiger partial charge in [-0.25, -0.2) is 13.4 Å². The molecule has 176 valence electrons. The van der Waals surface area contributed by atoms with Crippen LogP contribution in [0.2, 0.25) is 4.34 Å². The van der Waals surface area contributed by atoms with Gasteiger partial charge in [-0.15, -0.1) is 11.3 Å². The number of nitrogens with one attached hydrogen (secondary N) is 3. The monoisotopic (exact) mass is 518 g/mol. The average molecular weight is 519 g/mol. The van der Waals surface area contributed by atoms with Gasteiger partial charge < -0.3 is 10.6 Å². The number of amides is 2. The van der Waals surface area contributed by atoms with Crippen molar-refractivity contribution in [3.05, 3.63) is 80.8 Å². The lowest BCUT2D eigenvalue weighted by Gasteiger charge is -2.15. The summed E-state index contributed by atoms with van der Waals surface area (Å²) in [7, 11) is -0.122. The summed E-state index contributed by atoms with van der Waals surface area (Å²) < 4.78 is 31.2. The van der Waals surface area contributed by atoms with Crippen LogP contribution in [0.15, 0.2) is 63.7 Å². The Morgan fingerprint density at radius 2 is 1.97 bits per heavy atom.